The Labute approximate surface area is 117 Å². The van der Waals surface area contributed by atoms with E-state index in [0.29, 0.717) is 25.9 Å². The van der Waals surface area contributed by atoms with E-state index in [-0.39, 0.29) is 23.7 Å². The SMILES string of the molecule is CC1CC2=C(COC2=O)CC2CC(C)(C(=O)O)C(O)C12. The van der Waals surface area contributed by atoms with Gasteiger partial charge in [0, 0.05) is 5.57 Å². The molecule has 0 aromatic rings. The number of aliphatic hydroxyl groups excluding tert-OH is 1. The zero-order valence-electron chi connectivity index (χ0n) is 11.8. The number of ether oxygens (including phenoxy) is 1. The molecule has 0 saturated heterocycles. The smallest absolute Gasteiger partial charge is 0.334 e. The van der Waals surface area contributed by atoms with E-state index in [4.69, 9.17) is 4.74 Å². The highest BCUT2D eigenvalue weighted by atomic mass is 16.5. The highest BCUT2D eigenvalue weighted by molar-refractivity contribution is 5.91. The highest BCUT2D eigenvalue weighted by Crippen LogP contribution is 2.54. The average molecular weight is 280 g/mol. The van der Waals surface area contributed by atoms with Gasteiger partial charge in [-0.1, -0.05) is 6.92 Å². The Morgan fingerprint density at radius 3 is 2.75 bits per heavy atom. The fourth-order valence-electron chi connectivity index (χ4n) is 4.34. The molecule has 0 aromatic carbocycles. The zero-order chi connectivity index (χ0) is 14.7. The molecule has 0 spiro atoms. The summed E-state index contributed by atoms with van der Waals surface area (Å²) < 4.78 is 5.09. The molecule has 5 atom stereocenters. The van der Waals surface area contributed by atoms with Gasteiger partial charge >= 0.3 is 11.9 Å². The van der Waals surface area contributed by atoms with Crippen molar-refractivity contribution in [1.82, 2.24) is 0 Å². The van der Waals surface area contributed by atoms with E-state index in [1.165, 1.54) is 0 Å². The number of aliphatic carboxylic acids is 1. The lowest BCUT2D eigenvalue weighted by Crippen LogP contribution is -2.39. The molecule has 3 rings (SSSR count). The predicted molar refractivity (Wildman–Crippen MR) is 69.7 cm³/mol. The van der Waals surface area contributed by atoms with Crippen molar-refractivity contribution in [3.8, 4) is 0 Å². The number of fused-ring (bicyclic) bond motifs is 1. The number of aliphatic hydroxyl groups is 1. The first-order valence-electron chi connectivity index (χ1n) is 7.14. The lowest BCUT2D eigenvalue weighted by molar-refractivity contribution is -0.154. The molecule has 0 amide bonds. The highest BCUT2D eigenvalue weighted by Gasteiger charge is 2.57. The number of hydrogen-bond acceptors (Lipinski definition) is 4. The summed E-state index contributed by atoms with van der Waals surface area (Å²) >= 11 is 0. The topological polar surface area (TPSA) is 83.8 Å². The largest absolute Gasteiger partial charge is 0.481 e. The van der Waals surface area contributed by atoms with Crippen LogP contribution in [0.15, 0.2) is 11.1 Å². The van der Waals surface area contributed by atoms with Crippen LogP contribution in [-0.2, 0) is 14.3 Å². The molecule has 3 aliphatic rings. The van der Waals surface area contributed by atoms with Crippen LogP contribution in [0.2, 0.25) is 0 Å². The van der Waals surface area contributed by atoms with Crippen LogP contribution in [0.5, 0.6) is 0 Å². The van der Waals surface area contributed by atoms with E-state index in [9.17, 15) is 19.8 Å². The molecule has 20 heavy (non-hydrogen) atoms. The lowest BCUT2D eigenvalue weighted by Gasteiger charge is -2.29. The van der Waals surface area contributed by atoms with Crippen LogP contribution in [0.3, 0.4) is 0 Å². The molecule has 5 nitrogen and oxygen atoms in total. The Kier molecular flexibility index (Phi) is 2.94. The van der Waals surface area contributed by atoms with Crippen LogP contribution < -0.4 is 0 Å². The van der Waals surface area contributed by atoms with E-state index in [0.717, 1.165) is 11.1 Å². The quantitative estimate of drug-likeness (QED) is 0.708. The van der Waals surface area contributed by atoms with Gasteiger partial charge in [-0.2, -0.15) is 0 Å². The van der Waals surface area contributed by atoms with Gasteiger partial charge in [0.2, 0.25) is 0 Å². The van der Waals surface area contributed by atoms with Gasteiger partial charge in [-0.25, -0.2) is 4.79 Å². The van der Waals surface area contributed by atoms with Crippen molar-refractivity contribution in [2.24, 2.45) is 23.2 Å². The van der Waals surface area contributed by atoms with Gasteiger partial charge in [-0.3, -0.25) is 4.79 Å². The minimum Gasteiger partial charge on any atom is -0.481 e. The van der Waals surface area contributed by atoms with Crippen LogP contribution in [0.1, 0.15) is 33.1 Å². The molecule has 1 fully saturated rings. The maximum absolute atomic E-state index is 11.7. The maximum atomic E-state index is 11.7. The molecule has 5 unspecified atom stereocenters. The Hall–Kier alpha value is -1.36. The number of carbonyl (C=O) groups is 2. The van der Waals surface area contributed by atoms with E-state index in [1.54, 1.807) is 6.92 Å². The van der Waals surface area contributed by atoms with Crippen molar-refractivity contribution in [3.63, 3.8) is 0 Å². The number of cyclic esters (lactones) is 1. The molecular formula is C15H20O5. The van der Waals surface area contributed by atoms with Gasteiger partial charge in [0.15, 0.2) is 0 Å². The lowest BCUT2D eigenvalue weighted by atomic mass is 9.79. The van der Waals surface area contributed by atoms with Gasteiger partial charge in [0.25, 0.3) is 0 Å². The normalized spacial score (nSPS) is 43.9. The molecule has 2 aliphatic carbocycles. The third kappa shape index (κ3) is 1.72. The molecule has 1 aliphatic heterocycles. The van der Waals surface area contributed by atoms with Crippen molar-refractivity contribution in [2.45, 2.75) is 39.2 Å². The Morgan fingerprint density at radius 2 is 2.10 bits per heavy atom. The molecule has 0 aromatic heterocycles. The fraction of sp³-hybridized carbons (Fsp3) is 0.733. The van der Waals surface area contributed by atoms with Gasteiger partial charge in [0.1, 0.15) is 6.61 Å². The number of carboxylic acid groups (broad SMARTS) is 1. The number of carboxylic acids is 1. The summed E-state index contributed by atoms with van der Waals surface area (Å²) in [4.78, 5) is 23.2. The van der Waals surface area contributed by atoms with Gasteiger partial charge in [-0.15, -0.1) is 0 Å². The van der Waals surface area contributed by atoms with Crippen LogP contribution in [0.25, 0.3) is 0 Å². The van der Waals surface area contributed by atoms with Crippen molar-refractivity contribution in [3.05, 3.63) is 11.1 Å². The molecular weight excluding hydrogens is 260 g/mol. The maximum Gasteiger partial charge on any atom is 0.334 e. The Morgan fingerprint density at radius 1 is 1.40 bits per heavy atom. The number of hydrogen-bond donors (Lipinski definition) is 2. The third-order valence-electron chi connectivity index (χ3n) is 5.48. The molecule has 1 saturated carbocycles. The fourth-order valence-corrected chi connectivity index (χ4v) is 4.34. The van der Waals surface area contributed by atoms with Gasteiger partial charge in [0.05, 0.1) is 11.5 Å². The Bertz CT molecular complexity index is 508. The minimum atomic E-state index is -1.08. The van der Waals surface area contributed by atoms with E-state index >= 15 is 0 Å². The number of carbonyl (C=O) groups excluding carboxylic acids is 1. The summed E-state index contributed by atoms with van der Waals surface area (Å²) in [5.41, 5.74) is 0.692. The first kappa shape index (κ1) is 13.6. The number of rotatable bonds is 1. The van der Waals surface area contributed by atoms with Crippen molar-refractivity contribution in [1.29, 1.82) is 0 Å². The second-order valence-corrected chi connectivity index (χ2v) is 6.75. The molecule has 5 heteroatoms. The average Bonchev–Trinajstić information content (AvgIpc) is 2.78. The zero-order valence-corrected chi connectivity index (χ0v) is 11.8. The summed E-state index contributed by atoms with van der Waals surface area (Å²) in [5, 5.41) is 19.9. The summed E-state index contributed by atoms with van der Waals surface area (Å²) in [7, 11) is 0. The Balaban J connectivity index is 1.94. The molecule has 1 heterocycles. The first-order valence-corrected chi connectivity index (χ1v) is 7.14. The van der Waals surface area contributed by atoms with E-state index < -0.39 is 17.5 Å². The van der Waals surface area contributed by atoms with Gasteiger partial charge < -0.3 is 14.9 Å². The van der Waals surface area contributed by atoms with Crippen molar-refractivity contribution in [2.75, 3.05) is 6.61 Å². The van der Waals surface area contributed by atoms with Gasteiger partial charge in [-0.05, 0) is 49.5 Å². The molecule has 110 valence electrons. The monoisotopic (exact) mass is 280 g/mol. The second kappa shape index (κ2) is 4.32. The third-order valence-corrected chi connectivity index (χ3v) is 5.48. The summed E-state index contributed by atoms with van der Waals surface area (Å²) in [5.74, 6) is -1.02. The molecule has 0 radical (unpaired) electrons. The number of esters is 1. The summed E-state index contributed by atoms with van der Waals surface area (Å²) in [6.07, 6.45) is 0.873. The van der Waals surface area contributed by atoms with E-state index in [2.05, 4.69) is 0 Å². The van der Waals surface area contributed by atoms with E-state index in [1.807, 2.05) is 6.92 Å². The minimum absolute atomic E-state index is 0.0606. The molecule has 2 N–H and O–H groups in total. The van der Waals surface area contributed by atoms with Crippen LogP contribution in [0, 0.1) is 23.2 Å². The van der Waals surface area contributed by atoms with Crippen molar-refractivity contribution < 1.29 is 24.5 Å². The first-order chi connectivity index (χ1) is 9.34. The summed E-state index contributed by atoms with van der Waals surface area (Å²) in [6, 6.07) is 0. The summed E-state index contributed by atoms with van der Waals surface area (Å²) in [6.45, 7) is 3.97. The second-order valence-electron chi connectivity index (χ2n) is 6.75. The standard InChI is InChI=1S/C15H20O5/c1-7-3-10-9(6-20-13(10)17)4-8-5-15(2,14(18)19)12(16)11(7)8/h7-8,11-12,16H,3-6H2,1-2H3,(H,18,19). The van der Waals surface area contributed by atoms with Crippen LogP contribution in [-0.4, -0.2) is 34.9 Å². The molecule has 0 bridgehead atoms. The van der Waals surface area contributed by atoms with Crippen LogP contribution in [0.4, 0.5) is 0 Å². The predicted octanol–water partition coefficient (Wildman–Crippen LogP) is 1.36. The van der Waals surface area contributed by atoms with Crippen LogP contribution >= 0.6 is 0 Å². The van der Waals surface area contributed by atoms with Crippen molar-refractivity contribution >= 4 is 11.9 Å².